The molecule has 1 fully saturated rings. The first-order valence-electron chi connectivity index (χ1n) is 12.4. The van der Waals surface area contributed by atoms with E-state index in [9.17, 15) is 26.3 Å². The molecule has 1 aromatic heterocycles. The number of nitrogens with two attached hydrogens (primary N) is 1. The first-order chi connectivity index (χ1) is 19.0. The van der Waals surface area contributed by atoms with Gasteiger partial charge in [-0.1, -0.05) is 18.2 Å². The first-order valence-corrected chi connectivity index (χ1v) is 12.4. The predicted molar refractivity (Wildman–Crippen MR) is 138 cm³/mol. The van der Waals surface area contributed by atoms with E-state index < -0.39 is 30.5 Å². The summed E-state index contributed by atoms with van der Waals surface area (Å²) in [5.41, 5.74) is 6.58. The summed E-state index contributed by atoms with van der Waals surface area (Å²) in [5, 5.41) is 5.51. The van der Waals surface area contributed by atoms with Crippen LogP contribution in [0.3, 0.4) is 0 Å². The number of halogens is 6. The van der Waals surface area contributed by atoms with Crippen molar-refractivity contribution in [3.63, 3.8) is 0 Å². The van der Waals surface area contributed by atoms with Crippen LogP contribution in [0.25, 0.3) is 0 Å². The third-order valence-corrected chi connectivity index (χ3v) is 5.97. The van der Waals surface area contributed by atoms with Crippen LogP contribution in [0.2, 0.25) is 0 Å². The van der Waals surface area contributed by atoms with E-state index in [4.69, 9.17) is 5.73 Å². The lowest BCUT2D eigenvalue weighted by molar-refractivity contribution is -0.154. The summed E-state index contributed by atoms with van der Waals surface area (Å²) in [6.07, 6.45) is -9.23. The van der Waals surface area contributed by atoms with E-state index in [-0.39, 0.29) is 24.1 Å². The molecule has 0 radical (unpaired) electrons. The van der Waals surface area contributed by atoms with Crippen molar-refractivity contribution in [2.24, 2.45) is 5.73 Å². The molecule has 1 aliphatic heterocycles. The van der Waals surface area contributed by atoms with Crippen LogP contribution in [0.5, 0.6) is 6.01 Å². The summed E-state index contributed by atoms with van der Waals surface area (Å²) in [4.78, 5) is 16.3. The molecule has 3 aromatic rings. The van der Waals surface area contributed by atoms with E-state index in [1.807, 2.05) is 24.3 Å². The number of ether oxygens (including phenoxy) is 1. The monoisotopic (exact) mass is 570 g/mol. The van der Waals surface area contributed by atoms with Crippen molar-refractivity contribution < 1.29 is 31.1 Å². The minimum absolute atomic E-state index is 0.0204. The fourth-order valence-corrected chi connectivity index (χ4v) is 4.06. The number of hydrogen-bond donors (Lipinski definition) is 3. The van der Waals surface area contributed by atoms with Crippen LogP contribution in [0, 0.1) is 0 Å². The molecule has 9 nitrogen and oxygen atoms in total. The van der Waals surface area contributed by atoms with Crippen LogP contribution in [0.15, 0.2) is 48.5 Å². The Morgan fingerprint density at radius 3 is 2.30 bits per heavy atom. The molecule has 0 spiro atoms. The van der Waals surface area contributed by atoms with Gasteiger partial charge in [-0.2, -0.15) is 41.3 Å². The standard InChI is InChI=1S/C25H28F6N8O/c26-24(27,28)16-40-23-36-21(35-22(37-23)34-19-5-2-4-18(14-19)25(29,30)31)33-15-17-3-1-6-20(13-17)39-11-9-38(8-7-32)10-12-39/h1-6,13-14H,7-12,15-16,32H2,(H2,33,34,35,36,37). The molecule has 4 rings (SSSR count). The van der Waals surface area contributed by atoms with Gasteiger partial charge >= 0.3 is 18.4 Å². The lowest BCUT2D eigenvalue weighted by Gasteiger charge is -2.36. The molecule has 0 unspecified atom stereocenters. The Morgan fingerprint density at radius 2 is 1.60 bits per heavy atom. The van der Waals surface area contributed by atoms with Gasteiger partial charge < -0.3 is 26.0 Å². The fraction of sp³-hybridized carbons (Fsp3) is 0.400. The minimum atomic E-state index is -4.65. The minimum Gasteiger partial charge on any atom is -0.454 e. The van der Waals surface area contributed by atoms with Gasteiger partial charge in [0.1, 0.15) is 0 Å². The van der Waals surface area contributed by atoms with Crippen molar-refractivity contribution in [3.8, 4) is 6.01 Å². The topological polar surface area (TPSA) is 104 Å². The van der Waals surface area contributed by atoms with Crippen LogP contribution in [0.4, 0.5) is 49.6 Å². The van der Waals surface area contributed by atoms with Crippen molar-refractivity contribution >= 4 is 23.3 Å². The maximum absolute atomic E-state index is 13.1. The normalized spacial score (nSPS) is 14.7. The largest absolute Gasteiger partial charge is 0.454 e. The van der Waals surface area contributed by atoms with Crippen molar-refractivity contribution in [3.05, 3.63) is 59.7 Å². The van der Waals surface area contributed by atoms with Crippen LogP contribution < -0.4 is 26.0 Å². The van der Waals surface area contributed by atoms with Crippen LogP contribution >= 0.6 is 0 Å². The predicted octanol–water partition coefficient (Wildman–Crippen LogP) is 4.27. The van der Waals surface area contributed by atoms with Gasteiger partial charge in [0.05, 0.1) is 5.56 Å². The molecule has 0 bridgehead atoms. The van der Waals surface area contributed by atoms with Crippen LogP contribution in [0.1, 0.15) is 11.1 Å². The van der Waals surface area contributed by atoms with E-state index >= 15 is 0 Å². The van der Waals surface area contributed by atoms with Gasteiger partial charge in [-0.3, -0.25) is 4.90 Å². The van der Waals surface area contributed by atoms with Crippen molar-refractivity contribution in [2.45, 2.75) is 18.9 Å². The first kappa shape index (κ1) is 29.1. The van der Waals surface area contributed by atoms with Crippen LogP contribution in [-0.4, -0.2) is 71.9 Å². The van der Waals surface area contributed by atoms with Gasteiger partial charge in [-0.05, 0) is 35.9 Å². The van der Waals surface area contributed by atoms with Crippen molar-refractivity contribution in [1.29, 1.82) is 0 Å². The van der Waals surface area contributed by atoms with E-state index in [2.05, 4.69) is 40.1 Å². The van der Waals surface area contributed by atoms with Gasteiger partial charge in [0.2, 0.25) is 11.9 Å². The zero-order valence-corrected chi connectivity index (χ0v) is 21.3. The van der Waals surface area contributed by atoms with Gasteiger partial charge in [-0.15, -0.1) is 0 Å². The summed E-state index contributed by atoms with van der Waals surface area (Å²) in [6, 6.07) is 11.3. The second-order valence-electron chi connectivity index (χ2n) is 9.01. The Labute approximate surface area is 226 Å². The lowest BCUT2D eigenvalue weighted by atomic mass is 10.1. The van der Waals surface area contributed by atoms with Gasteiger partial charge in [0.25, 0.3) is 0 Å². The van der Waals surface area contributed by atoms with E-state index in [1.54, 1.807) is 0 Å². The number of nitrogens with zero attached hydrogens (tertiary/aromatic N) is 5. The molecule has 15 heteroatoms. The number of piperazine rings is 1. The molecule has 0 amide bonds. The molecular formula is C25H28F6N8O. The highest BCUT2D eigenvalue weighted by atomic mass is 19.4. The van der Waals surface area contributed by atoms with Crippen molar-refractivity contribution in [2.75, 3.05) is 61.4 Å². The Morgan fingerprint density at radius 1 is 0.875 bits per heavy atom. The number of aromatic nitrogens is 3. The number of anilines is 4. The molecular weight excluding hydrogens is 542 g/mol. The quantitative estimate of drug-likeness (QED) is 0.309. The highest BCUT2D eigenvalue weighted by molar-refractivity contribution is 5.56. The Hall–Kier alpha value is -3.85. The molecule has 4 N–H and O–H groups in total. The van der Waals surface area contributed by atoms with Gasteiger partial charge in [0.15, 0.2) is 6.61 Å². The zero-order valence-electron chi connectivity index (χ0n) is 21.3. The molecule has 2 heterocycles. The number of hydrogen-bond acceptors (Lipinski definition) is 9. The third-order valence-electron chi connectivity index (χ3n) is 5.97. The average Bonchev–Trinajstić information content (AvgIpc) is 2.91. The summed E-state index contributed by atoms with van der Waals surface area (Å²) >= 11 is 0. The highest BCUT2D eigenvalue weighted by Crippen LogP contribution is 2.31. The maximum atomic E-state index is 13.1. The number of benzene rings is 2. The third kappa shape index (κ3) is 8.58. The molecule has 0 saturated carbocycles. The number of rotatable bonds is 10. The molecule has 2 aromatic carbocycles. The smallest absolute Gasteiger partial charge is 0.422 e. The van der Waals surface area contributed by atoms with Crippen molar-refractivity contribution in [1.82, 2.24) is 19.9 Å². The molecule has 40 heavy (non-hydrogen) atoms. The fourth-order valence-electron chi connectivity index (χ4n) is 4.06. The molecule has 1 aliphatic rings. The summed E-state index contributed by atoms with van der Waals surface area (Å²) in [5.74, 6) is -0.416. The summed E-state index contributed by atoms with van der Waals surface area (Å²) < 4.78 is 82.1. The van der Waals surface area contributed by atoms with E-state index in [1.165, 1.54) is 12.1 Å². The van der Waals surface area contributed by atoms with Gasteiger partial charge in [-0.25, -0.2) is 0 Å². The average molecular weight is 571 g/mol. The Bertz CT molecular complexity index is 1260. The molecule has 0 atom stereocenters. The van der Waals surface area contributed by atoms with Gasteiger partial charge in [0, 0.05) is 57.2 Å². The second kappa shape index (κ2) is 12.6. The molecule has 216 valence electrons. The second-order valence-corrected chi connectivity index (χ2v) is 9.01. The zero-order chi connectivity index (χ0) is 28.8. The molecule has 1 saturated heterocycles. The Balaban J connectivity index is 1.48. The number of nitrogens with one attached hydrogen (secondary N) is 2. The highest BCUT2D eigenvalue weighted by Gasteiger charge is 2.31. The summed E-state index contributed by atoms with van der Waals surface area (Å²) in [6.45, 7) is 3.50. The van der Waals surface area contributed by atoms with E-state index in [0.29, 0.717) is 6.54 Å². The molecule has 0 aliphatic carbocycles. The van der Waals surface area contributed by atoms with E-state index in [0.717, 1.165) is 56.1 Å². The Kier molecular flexibility index (Phi) is 9.14. The number of alkyl halides is 6. The lowest BCUT2D eigenvalue weighted by Crippen LogP contribution is -2.47. The van der Waals surface area contributed by atoms with Crippen LogP contribution in [-0.2, 0) is 12.7 Å². The maximum Gasteiger partial charge on any atom is 0.422 e. The SMILES string of the molecule is NCCN1CCN(c2cccc(CNc3nc(Nc4cccc(C(F)(F)F)c4)nc(OCC(F)(F)F)n3)c2)CC1. The summed E-state index contributed by atoms with van der Waals surface area (Å²) in [7, 11) is 0.